The minimum atomic E-state index is -0.921. The average Bonchev–Trinajstić information content (AvgIpc) is 2.93. The van der Waals surface area contributed by atoms with Crippen LogP contribution in [0.3, 0.4) is 0 Å². The van der Waals surface area contributed by atoms with Crippen LogP contribution in [0.25, 0.3) is 0 Å². The van der Waals surface area contributed by atoms with Crippen molar-refractivity contribution in [1.82, 2.24) is 4.90 Å². The lowest BCUT2D eigenvalue weighted by Gasteiger charge is -2.32. The largest absolute Gasteiger partial charge is 0.394 e. The van der Waals surface area contributed by atoms with Gasteiger partial charge in [-0.2, -0.15) is 12.6 Å². The van der Waals surface area contributed by atoms with E-state index in [2.05, 4.69) is 27.6 Å². The van der Waals surface area contributed by atoms with Gasteiger partial charge in [0.05, 0.1) is 18.0 Å². The lowest BCUT2D eigenvalue weighted by atomic mass is 10.1. The van der Waals surface area contributed by atoms with Crippen LogP contribution < -0.4 is 5.73 Å². The zero-order chi connectivity index (χ0) is 15.4. The molecule has 0 aromatic rings. The number of hydrogen-bond acceptors (Lipinski definition) is 9. The first kappa shape index (κ1) is 14.9. The zero-order valence-corrected chi connectivity index (χ0v) is 12.7. The van der Waals surface area contributed by atoms with Crippen LogP contribution in [0.4, 0.5) is 0 Å². The molecule has 0 aliphatic carbocycles. The Morgan fingerprint density at radius 2 is 2.29 bits per heavy atom. The molecule has 3 rings (SSSR count). The van der Waals surface area contributed by atoms with Gasteiger partial charge in [0.25, 0.3) is 0 Å². The van der Waals surface area contributed by atoms with Crippen LogP contribution in [0.2, 0.25) is 0 Å². The summed E-state index contributed by atoms with van der Waals surface area (Å²) in [7, 11) is 0. The molecule has 0 aromatic carbocycles. The number of aliphatic hydroxyl groups is 2. The molecule has 1 unspecified atom stereocenters. The molecule has 3 aliphatic heterocycles. The van der Waals surface area contributed by atoms with Gasteiger partial charge in [0.2, 0.25) is 0 Å². The van der Waals surface area contributed by atoms with Crippen molar-refractivity contribution in [3.8, 4) is 0 Å². The van der Waals surface area contributed by atoms with Crippen molar-refractivity contribution in [2.45, 2.75) is 43.2 Å². The van der Waals surface area contributed by atoms with Crippen LogP contribution in [-0.4, -0.2) is 75.1 Å². The quantitative estimate of drug-likeness (QED) is 0.467. The smallest absolute Gasteiger partial charge is 0.159 e. The summed E-state index contributed by atoms with van der Waals surface area (Å²) >= 11 is 4.40. The second kappa shape index (κ2) is 5.03. The van der Waals surface area contributed by atoms with Crippen LogP contribution in [-0.2, 0) is 4.74 Å². The van der Waals surface area contributed by atoms with E-state index in [1.165, 1.54) is 0 Å². The maximum atomic E-state index is 10.0. The lowest BCUT2D eigenvalue weighted by Crippen LogP contribution is -2.54. The molecule has 4 N–H and O–H groups in total. The Bertz CT molecular complexity index is 547. The third kappa shape index (κ3) is 2.29. The highest BCUT2D eigenvalue weighted by molar-refractivity contribution is 7.81. The van der Waals surface area contributed by atoms with Crippen molar-refractivity contribution < 1.29 is 14.9 Å². The summed E-state index contributed by atoms with van der Waals surface area (Å²) in [6, 6.07) is 0. The van der Waals surface area contributed by atoms with E-state index in [1.807, 2.05) is 0 Å². The van der Waals surface area contributed by atoms with E-state index < -0.39 is 29.3 Å². The van der Waals surface area contributed by atoms with Crippen molar-refractivity contribution in [1.29, 1.82) is 0 Å². The van der Waals surface area contributed by atoms with Crippen LogP contribution >= 0.6 is 12.6 Å². The molecule has 8 nitrogen and oxygen atoms in total. The molecule has 0 radical (unpaired) electrons. The number of aliphatic hydroxyl groups excluding tert-OH is 2. The number of nitrogens with two attached hydrogens (primary N) is 1. The van der Waals surface area contributed by atoms with Gasteiger partial charge in [0.15, 0.2) is 11.5 Å². The third-order valence-electron chi connectivity index (χ3n) is 3.83. The molecule has 5 atom stereocenters. The number of rotatable bonds is 2. The van der Waals surface area contributed by atoms with Crippen molar-refractivity contribution >= 4 is 30.0 Å². The number of thiol groups is 1. The van der Waals surface area contributed by atoms with Crippen molar-refractivity contribution in [3.63, 3.8) is 0 Å². The summed E-state index contributed by atoms with van der Waals surface area (Å²) < 4.78 is 5.69. The predicted octanol–water partition coefficient (Wildman–Crippen LogP) is -1.42. The molecule has 3 heterocycles. The summed E-state index contributed by atoms with van der Waals surface area (Å²) in [6.07, 6.45) is -2.04. The fraction of sp³-hybridized carbons (Fsp3) is 0.750. The Kier molecular flexibility index (Phi) is 3.57. The lowest BCUT2D eigenvalue weighted by molar-refractivity contribution is -0.0556. The Hall–Kier alpha value is -1.00. The van der Waals surface area contributed by atoms with Gasteiger partial charge in [-0.3, -0.25) is 4.99 Å². The average molecular weight is 313 g/mol. The van der Waals surface area contributed by atoms with Gasteiger partial charge in [-0.05, 0) is 13.8 Å². The van der Waals surface area contributed by atoms with Gasteiger partial charge < -0.3 is 25.6 Å². The van der Waals surface area contributed by atoms with E-state index >= 15 is 0 Å². The number of nitrogens with zero attached hydrogens (tertiary/aromatic N) is 4. The Balaban J connectivity index is 1.89. The summed E-state index contributed by atoms with van der Waals surface area (Å²) in [5.74, 6) is 1.16. The number of amidine groups is 2. The molecule has 0 aromatic heterocycles. The molecule has 3 aliphatic rings. The summed E-state index contributed by atoms with van der Waals surface area (Å²) in [5.41, 5.74) is 5.83. The van der Waals surface area contributed by atoms with E-state index in [4.69, 9.17) is 10.5 Å². The van der Waals surface area contributed by atoms with Crippen LogP contribution in [0.15, 0.2) is 15.0 Å². The van der Waals surface area contributed by atoms with E-state index in [9.17, 15) is 10.2 Å². The highest BCUT2D eigenvalue weighted by Gasteiger charge is 2.49. The molecule has 1 fully saturated rings. The summed E-state index contributed by atoms with van der Waals surface area (Å²) in [6.45, 7) is 3.59. The minimum absolute atomic E-state index is 0.266. The molecule has 116 valence electrons. The zero-order valence-electron chi connectivity index (χ0n) is 11.8. The van der Waals surface area contributed by atoms with Crippen LogP contribution in [0.5, 0.6) is 0 Å². The van der Waals surface area contributed by atoms with Gasteiger partial charge in [0.1, 0.15) is 30.5 Å². The van der Waals surface area contributed by atoms with Crippen molar-refractivity contribution in [2.24, 2.45) is 20.7 Å². The van der Waals surface area contributed by atoms with E-state index in [0.29, 0.717) is 24.1 Å². The Labute approximate surface area is 127 Å². The normalized spacial score (nSPS) is 42.6. The first-order valence-corrected chi connectivity index (χ1v) is 7.25. The Morgan fingerprint density at radius 1 is 1.57 bits per heavy atom. The number of aliphatic imine (C=N–C) groups is 3. The van der Waals surface area contributed by atoms with Gasteiger partial charge >= 0.3 is 0 Å². The van der Waals surface area contributed by atoms with Gasteiger partial charge in [-0.1, -0.05) is 0 Å². The SMILES string of the molecule is CC1=NC(C)(N)C2=NCN([C@@H]3O[C@H](CO)[C@@H](O)[C@H]3S)C2=N1. The maximum Gasteiger partial charge on any atom is 0.159 e. The van der Waals surface area contributed by atoms with Gasteiger partial charge in [0, 0.05) is 0 Å². The van der Waals surface area contributed by atoms with Crippen molar-refractivity contribution in [3.05, 3.63) is 0 Å². The molecule has 9 heteroatoms. The second-order valence-electron chi connectivity index (χ2n) is 5.59. The first-order valence-electron chi connectivity index (χ1n) is 6.73. The highest BCUT2D eigenvalue weighted by Crippen LogP contribution is 2.31. The fourth-order valence-electron chi connectivity index (χ4n) is 2.83. The highest BCUT2D eigenvalue weighted by atomic mass is 32.1. The third-order valence-corrected chi connectivity index (χ3v) is 4.39. The maximum absolute atomic E-state index is 10.0. The van der Waals surface area contributed by atoms with Crippen LogP contribution in [0.1, 0.15) is 13.8 Å². The standard InChI is InChI=1S/C12H19N5O3S/c1-5-15-10-9(12(2,13)16-5)14-4-17(10)11-8(21)7(19)6(3-18)20-11/h6-8,11,18-19,21H,3-4,13H2,1-2H3/t6-,7-,8-,11-,12?/m1/s1. The molecule has 21 heavy (non-hydrogen) atoms. The molecule has 0 spiro atoms. The molecule has 0 amide bonds. The molecular weight excluding hydrogens is 294 g/mol. The molecular formula is C12H19N5O3S. The second-order valence-corrected chi connectivity index (χ2v) is 6.19. The minimum Gasteiger partial charge on any atom is -0.394 e. The predicted molar refractivity (Wildman–Crippen MR) is 81.8 cm³/mol. The van der Waals surface area contributed by atoms with E-state index in [0.717, 1.165) is 0 Å². The molecule has 0 bridgehead atoms. The van der Waals surface area contributed by atoms with E-state index in [1.54, 1.807) is 18.7 Å². The molecule has 0 saturated carbocycles. The number of ether oxygens (including phenoxy) is 1. The Morgan fingerprint density at radius 3 is 2.90 bits per heavy atom. The summed E-state index contributed by atoms with van der Waals surface area (Å²) in [5, 5.41) is 18.8. The number of fused-ring (bicyclic) bond motifs is 1. The summed E-state index contributed by atoms with van der Waals surface area (Å²) in [4.78, 5) is 14.9. The fourth-order valence-corrected chi connectivity index (χ4v) is 3.25. The monoisotopic (exact) mass is 313 g/mol. The van der Waals surface area contributed by atoms with Crippen molar-refractivity contribution in [2.75, 3.05) is 13.3 Å². The first-order chi connectivity index (χ1) is 9.85. The van der Waals surface area contributed by atoms with Crippen LogP contribution in [0, 0.1) is 0 Å². The van der Waals surface area contributed by atoms with Gasteiger partial charge in [-0.15, -0.1) is 0 Å². The van der Waals surface area contributed by atoms with E-state index in [-0.39, 0.29) is 6.61 Å². The number of hydrogen-bond donors (Lipinski definition) is 4. The topological polar surface area (TPSA) is 116 Å². The molecule has 1 saturated heterocycles. The van der Waals surface area contributed by atoms with Gasteiger partial charge in [-0.25, -0.2) is 9.98 Å².